The first kappa shape index (κ1) is 18.1. The zero-order valence-electron chi connectivity index (χ0n) is 11.7. The van der Waals surface area contributed by atoms with Crippen molar-refractivity contribution in [1.29, 1.82) is 0 Å². The van der Waals surface area contributed by atoms with E-state index in [1.165, 1.54) is 12.1 Å². The molecule has 0 saturated carbocycles. The van der Waals surface area contributed by atoms with Gasteiger partial charge in [0.25, 0.3) is 0 Å². The number of aliphatic carboxylic acids is 1. The van der Waals surface area contributed by atoms with E-state index in [0.29, 0.717) is 0 Å². The third kappa shape index (κ3) is 4.02. The van der Waals surface area contributed by atoms with Gasteiger partial charge in [0.05, 0.1) is 14.8 Å². The summed E-state index contributed by atoms with van der Waals surface area (Å²) in [6.45, 7) is 3.13. The molecule has 118 valence electrons. The van der Waals surface area contributed by atoms with Gasteiger partial charge in [-0.15, -0.1) is 0 Å². The molecule has 0 aliphatic rings. The van der Waals surface area contributed by atoms with Crippen molar-refractivity contribution in [2.24, 2.45) is 5.41 Å². The van der Waals surface area contributed by atoms with Crippen LogP contribution in [0.25, 0.3) is 0 Å². The second kappa shape index (κ2) is 6.85. The summed E-state index contributed by atoms with van der Waals surface area (Å²) < 4.78 is 40.0. The van der Waals surface area contributed by atoms with Crippen LogP contribution in [0.5, 0.6) is 0 Å². The number of benzene rings is 1. The van der Waals surface area contributed by atoms with Gasteiger partial charge in [-0.05, 0) is 47.0 Å². The fraction of sp³-hybridized carbons (Fsp3) is 0.462. The van der Waals surface area contributed by atoms with Gasteiger partial charge in [-0.2, -0.15) is 0 Å². The summed E-state index contributed by atoms with van der Waals surface area (Å²) in [5.74, 6) is -1.76. The Balaban J connectivity index is 3.00. The molecule has 1 rings (SSSR count). The highest BCUT2D eigenvalue weighted by Gasteiger charge is 2.36. The Kier molecular flexibility index (Phi) is 5.89. The molecule has 1 aromatic carbocycles. The second-order valence-electron chi connectivity index (χ2n) is 4.69. The highest BCUT2D eigenvalue weighted by Crippen LogP contribution is 2.27. The lowest BCUT2D eigenvalue weighted by molar-refractivity contribution is -0.149. The Morgan fingerprint density at radius 3 is 2.38 bits per heavy atom. The van der Waals surface area contributed by atoms with Gasteiger partial charge < -0.3 is 5.11 Å². The van der Waals surface area contributed by atoms with E-state index in [1.54, 1.807) is 13.8 Å². The van der Waals surface area contributed by atoms with Crippen LogP contribution in [0, 0.1) is 11.2 Å². The molecule has 0 bridgehead atoms. The van der Waals surface area contributed by atoms with E-state index in [-0.39, 0.29) is 28.8 Å². The molecule has 0 radical (unpaired) electrons. The molecule has 1 aromatic rings. The quantitative estimate of drug-likeness (QED) is 0.760. The lowest BCUT2D eigenvalue weighted by atomic mass is 9.83. The number of carbonyl (C=O) groups is 1. The summed E-state index contributed by atoms with van der Waals surface area (Å²) in [6, 6.07) is 3.41. The van der Waals surface area contributed by atoms with Gasteiger partial charge in [0.1, 0.15) is 5.82 Å². The van der Waals surface area contributed by atoms with Crippen molar-refractivity contribution in [3.8, 4) is 0 Å². The summed E-state index contributed by atoms with van der Waals surface area (Å²) in [5, 5.41) is 9.27. The highest BCUT2D eigenvalue weighted by atomic mass is 79.9. The summed E-state index contributed by atoms with van der Waals surface area (Å²) >= 11 is 2.94. The third-order valence-corrected chi connectivity index (χ3v) is 5.65. The Bertz CT molecular complexity index is 629. The number of halogens is 2. The van der Waals surface area contributed by atoms with E-state index >= 15 is 0 Å². The average Bonchev–Trinajstić information content (AvgIpc) is 2.43. The van der Waals surface area contributed by atoms with Crippen LogP contribution in [0.4, 0.5) is 4.39 Å². The van der Waals surface area contributed by atoms with E-state index in [1.807, 2.05) is 0 Å². The lowest BCUT2D eigenvalue weighted by Gasteiger charge is -2.26. The largest absolute Gasteiger partial charge is 0.481 e. The molecule has 0 aliphatic carbocycles. The van der Waals surface area contributed by atoms with E-state index in [0.717, 1.165) is 6.07 Å². The number of carboxylic acids is 1. The predicted molar refractivity (Wildman–Crippen MR) is 79.9 cm³/mol. The van der Waals surface area contributed by atoms with Crippen LogP contribution in [0.3, 0.4) is 0 Å². The lowest BCUT2D eigenvalue weighted by Crippen LogP contribution is -2.42. The van der Waals surface area contributed by atoms with Crippen LogP contribution >= 0.6 is 15.9 Å². The normalized spacial score (nSPS) is 12.4. The Labute approximate surface area is 131 Å². The minimum atomic E-state index is -3.96. The van der Waals surface area contributed by atoms with Gasteiger partial charge in [-0.1, -0.05) is 13.8 Å². The Morgan fingerprint density at radius 2 is 1.95 bits per heavy atom. The average molecular weight is 382 g/mol. The predicted octanol–water partition coefficient (Wildman–Crippen LogP) is 2.76. The van der Waals surface area contributed by atoms with Crippen LogP contribution in [0.15, 0.2) is 27.6 Å². The van der Waals surface area contributed by atoms with Crippen molar-refractivity contribution in [3.63, 3.8) is 0 Å². The van der Waals surface area contributed by atoms with E-state index in [9.17, 15) is 22.7 Å². The van der Waals surface area contributed by atoms with Crippen molar-refractivity contribution in [1.82, 2.24) is 4.72 Å². The Hall–Kier alpha value is -0.990. The fourth-order valence-electron chi connectivity index (χ4n) is 1.84. The van der Waals surface area contributed by atoms with Gasteiger partial charge in [-0.3, -0.25) is 4.79 Å². The number of hydrogen-bond donors (Lipinski definition) is 2. The van der Waals surface area contributed by atoms with Crippen LogP contribution in [0.1, 0.15) is 26.7 Å². The molecule has 5 nitrogen and oxygen atoms in total. The van der Waals surface area contributed by atoms with Gasteiger partial charge in [0.15, 0.2) is 0 Å². The van der Waals surface area contributed by atoms with E-state index in [2.05, 4.69) is 20.7 Å². The van der Waals surface area contributed by atoms with Gasteiger partial charge in [0, 0.05) is 6.54 Å². The van der Waals surface area contributed by atoms with Gasteiger partial charge in [-0.25, -0.2) is 17.5 Å². The maximum atomic E-state index is 13.4. The first-order valence-corrected chi connectivity index (χ1v) is 8.64. The summed E-state index contributed by atoms with van der Waals surface area (Å²) in [7, 11) is -3.96. The molecule has 21 heavy (non-hydrogen) atoms. The third-order valence-electron chi connectivity index (χ3n) is 3.61. The number of sulfonamides is 1. The first-order chi connectivity index (χ1) is 9.68. The highest BCUT2D eigenvalue weighted by molar-refractivity contribution is 9.10. The molecular weight excluding hydrogens is 365 g/mol. The van der Waals surface area contributed by atoms with Crippen molar-refractivity contribution >= 4 is 31.9 Å². The number of nitrogens with one attached hydrogen (secondary N) is 1. The summed E-state index contributed by atoms with van der Waals surface area (Å²) in [4.78, 5) is 11.1. The Morgan fingerprint density at radius 1 is 1.38 bits per heavy atom. The van der Waals surface area contributed by atoms with Crippen LogP contribution in [-0.2, 0) is 14.8 Å². The van der Waals surface area contributed by atoms with E-state index < -0.39 is 27.2 Å². The van der Waals surface area contributed by atoms with Crippen molar-refractivity contribution in [2.75, 3.05) is 6.54 Å². The fourth-order valence-corrected chi connectivity index (χ4v) is 3.22. The molecule has 0 spiro atoms. The monoisotopic (exact) mass is 381 g/mol. The number of hydrogen-bond acceptors (Lipinski definition) is 3. The van der Waals surface area contributed by atoms with Gasteiger partial charge >= 0.3 is 5.97 Å². The molecule has 0 heterocycles. The smallest absolute Gasteiger partial charge is 0.310 e. The molecule has 0 aliphatic heterocycles. The maximum Gasteiger partial charge on any atom is 0.310 e. The number of carboxylic acid groups (broad SMARTS) is 1. The minimum Gasteiger partial charge on any atom is -0.481 e. The molecule has 2 N–H and O–H groups in total. The minimum absolute atomic E-state index is 0.156. The SMILES string of the molecule is CCC(CC)(CNS(=O)(=O)c1ccc(Br)c(F)c1)C(=O)O. The van der Waals surface area contributed by atoms with E-state index in [4.69, 9.17) is 0 Å². The molecular formula is C13H17BrFNO4S. The number of rotatable bonds is 7. The zero-order chi connectivity index (χ0) is 16.3. The topological polar surface area (TPSA) is 83.5 Å². The molecule has 8 heteroatoms. The molecule has 0 fully saturated rings. The molecule has 0 amide bonds. The summed E-state index contributed by atoms with van der Waals surface area (Å²) in [5.41, 5.74) is -1.17. The van der Waals surface area contributed by atoms with Crippen molar-refractivity contribution in [2.45, 2.75) is 31.6 Å². The van der Waals surface area contributed by atoms with Gasteiger partial charge in [0.2, 0.25) is 10.0 Å². The van der Waals surface area contributed by atoms with Crippen LogP contribution < -0.4 is 4.72 Å². The molecule has 0 saturated heterocycles. The maximum absolute atomic E-state index is 13.4. The van der Waals surface area contributed by atoms with Crippen molar-refractivity contribution < 1.29 is 22.7 Å². The standard InChI is InChI=1S/C13H17BrFNO4S/c1-3-13(4-2,12(17)18)8-16-21(19,20)9-5-6-10(14)11(15)7-9/h5-7,16H,3-4,8H2,1-2H3,(H,17,18). The van der Waals surface area contributed by atoms with Crippen LogP contribution in [0.2, 0.25) is 0 Å². The van der Waals surface area contributed by atoms with Crippen molar-refractivity contribution in [3.05, 3.63) is 28.5 Å². The first-order valence-electron chi connectivity index (χ1n) is 6.36. The molecule has 0 unspecified atom stereocenters. The molecule has 0 aromatic heterocycles. The zero-order valence-corrected chi connectivity index (χ0v) is 14.1. The summed E-state index contributed by atoms with van der Waals surface area (Å²) in [6.07, 6.45) is 0.576. The second-order valence-corrected chi connectivity index (χ2v) is 7.31. The molecule has 0 atom stereocenters. The van der Waals surface area contributed by atoms with Crippen LogP contribution in [-0.4, -0.2) is 26.0 Å².